The van der Waals surface area contributed by atoms with Crippen LogP contribution in [0.1, 0.15) is 5.56 Å². The van der Waals surface area contributed by atoms with Gasteiger partial charge in [0.25, 0.3) is 0 Å². The van der Waals surface area contributed by atoms with E-state index in [1.165, 1.54) is 7.11 Å². The average molecular weight is 331 g/mol. The van der Waals surface area contributed by atoms with E-state index in [0.717, 1.165) is 30.0 Å². The molecule has 0 fully saturated rings. The Morgan fingerprint density at radius 2 is 1.88 bits per heavy atom. The lowest BCUT2D eigenvalue weighted by atomic mass is 10.1. The van der Waals surface area contributed by atoms with E-state index in [0.29, 0.717) is 11.6 Å². The molecule has 0 aliphatic carbocycles. The maximum absolute atomic E-state index is 11.1. The van der Waals surface area contributed by atoms with Crippen LogP contribution in [0.15, 0.2) is 36.5 Å². The van der Waals surface area contributed by atoms with E-state index in [4.69, 9.17) is 9.47 Å². The van der Waals surface area contributed by atoms with Gasteiger partial charge < -0.3 is 19.5 Å². The van der Waals surface area contributed by atoms with Crippen LogP contribution in [0.3, 0.4) is 0 Å². The molecule has 0 bridgehead atoms. The number of pyridine rings is 1. The summed E-state index contributed by atoms with van der Waals surface area (Å²) in [4.78, 5) is 15.2. The summed E-state index contributed by atoms with van der Waals surface area (Å²) in [6.07, 6.45) is 1.93. The fourth-order valence-electron chi connectivity index (χ4n) is 2.12. The van der Waals surface area contributed by atoms with Crippen LogP contribution in [0, 0.1) is 0 Å². The fourth-order valence-corrected chi connectivity index (χ4v) is 2.12. The molecule has 1 heterocycles. The number of benzene rings is 1. The van der Waals surface area contributed by atoms with Crippen molar-refractivity contribution in [2.45, 2.75) is 6.42 Å². The lowest BCUT2D eigenvalue weighted by Crippen LogP contribution is -2.12. The van der Waals surface area contributed by atoms with Crippen LogP contribution in [-0.4, -0.2) is 39.0 Å². The normalized spacial score (nSPS) is 9.96. The van der Waals surface area contributed by atoms with E-state index in [2.05, 4.69) is 20.4 Å². The molecule has 1 aromatic heterocycles. The second-order valence-corrected chi connectivity index (χ2v) is 4.91. The van der Waals surface area contributed by atoms with Gasteiger partial charge >= 0.3 is 6.09 Å². The van der Waals surface area contributed by atoms with Crippen molar-refractivity contribution in [1.82, 2.24) is 4.98 Å². The number of carbonyl (C=O) groups is 1. The Morgan fingerprint density at radius 3 is 2.50 bits per heavy atom. The van der Waals surface area contributed by atoms with Crippen molar-refractivity contribution in [2.75, 3.05) is 38.5 Å². The predicted octanol–water partition coefficient (Wildman–Crippen LogP) is 2.93. The van der Waals surface area contributed by atoms with Gasteiger partial charge in [-0.3, -0.25) is 5.32 Å². The number of hydrogen-bond acceptors (Lipinski definition) is 6. The molecule has 0 aliphatic rings. The molecule has 0 radical (unpaired) electrons. The molecule has 7 nitrogen and oxygen atoms in total. The highest BCUT2D eigenvalue weighted by molar-refractivity contribution is 5.83. The molecule has 2 aromatic rings. The summed E-state index contributed by atoms with van der Waals surface area (Å²) in [6.45, 7) is 0.737. The van der Waals surface area contributed by atoms with E-state index in [1.807, 2.05) is 24.3 Å². The van der Waals surface area contributed by atoms with Crippen LogP contribution in [0.2, 0.25) is 0 Å². The van der Waals surface area contributed by atoms with Gasteiger partial charge in [0, 0.05) is 6.54 Å². The molecule has 2 N–H and O–H groups in total. The smallest absolute Gasteiger partial charge is 0.412 e. The van der Waals surface area contributed by atoms with Crippen molar-refractivity contribution in [3.05, 3.63) is 42.1 Å². The largest absolute Gasteiger partial charge is 0.493 e. The van der Waals surface area contributed by atoms with E-state index < -0.39 is 6.09 Å². The Balaban J connectivity index is 1.86. The summed E-state index contributed by atoms with van der Waals surface area (Å²) in [5, 5.41) is 5.77. The highest BCUT2D eigenvalue weighted by Gasteiger charge is 2.05. The number of anilines is 2. The monoisotopic (exact) mass is 331 g/mol. The molecular weight excluding hydrogens is 310 g/mol. The predicted molar refractivity (Wildman–Crippen MR) is 92.0 cm³/mol. The topological polar surface area (TPSA) is 81.7 Å². The summed E-state index contributed by atoms with van der Waals surface area (Å²) < 4.78 is 15.0. The molecule has 7 heteroatoms. The first-order valence-corrected chi connectivity index (χ1v) is 7.42. The van der Waals surface area contributed by atoms with Crippen LogP contribution >= 0.6 is 0 Å². The van der Waals surface area contributed by atoms with Crippen molar-refractivity contribution in [1.29, 1.82) is 0 Å². The van der Waals surface area contributed by atoms with Gasteiger partial charge in [-0.05, 0) is 36.2 Å². The molecule has 128 valence electrons. The minimum atomic E-state index is -0.545. The van der Waals surface area contributed by atoms with E-state index in [9.17, 15) is 4.79 Å². The lowest BCUT2D eigenvalue weighted by Gasteiger charge is -2.10. The van der Waals surface area contributed by atoms with Gasteiger partial charge in [-0.2, -0.15) is 0 Å². The number of amides is 1. The number of methoxy groups -OCH3 is 3. The quantitative estimate of drug-likeness (QED) is 0.812. The number of hydrogen-bond donors (Lipinski definition) is 2. The van der Waals surface area contributed by atoms with Gasteiger partial charge in [-0.1, -0.05) is 6.07 Å². The molecule has 1 aromatic carbocycles. The molecule has 24 heavy (non-hydrogen) atoms. The number of nitrogens with zero attached hydrogens (tertiary/aromatic N) is 1. The molecule has 0 atom stereocenters. The van der Waals surface area contributed by atoms with Crippen LogP contribution < -0.4 is 20.1 Å². The second kappa shape index (κ2) is 8.61. The van der Waals surface area contributed by atoms with Crippen LogP contribution in [0.25, 0.3) is 0 Å². The van der Waals surface area contributed by atoms with Crippen molar-refractivity contribution < 1.29 is 19.0 Å². The summed E-state index contributed by atoms with van der Waals surface area (Å²) in [5.74, 6) is 1.87. The summed E-state index contributed by atoms with van der Waals surface area (Å²) in [7, 11) is 4.54. The Morgan fingerprint density at radius 1 is 1.08 bits per heavy atom. The highest BCUT2D eigenvalue weighted by Crippen LogP contribution is 2.27. The lowest BCUT2D eigenvalue weighted by molar-refractivity contribution is 0.187. The number of carbonyl (C=O) groups excluding carboxylic acids is 1. The third-order valence-electron chi connectivity index (χ3n) is 3.37. The molecule has 0 spiro atoms. The summed E-state index contributed by atoms with van der Waals surface area (Å²) in [5.41, 5.74) is 2.00. The van der Waals surface area contributed by atoms with Crippen molar-refractivity contribution in [2.24, 2.45) is 0 Å². The molecule has 2 rings (SSSR count). The van der Waals surface area contributed by atoms with E-state index >= 15 is 0 Å². The zero-order valence-corrected chi connectivity index (χ0v) is 14.0. The first-order chi connectivity index (χ1) is 11.7. The Bertz CT molecular complexity index is 674. The highest BCUT2D eigenvalue weighted by atomic mass is 16.5. The van der Waals surface area contributed by atoms with Gasteiger partial charge in [0.1, 0.15) is 5.82 Å². The van der Waals surface area contributed by atoms with Crippen molar-refractivity contribution >= 4 is 17.6 Å². The zero-order valence-electron chi connectivity index (χ0n) is 14.0. The molecule has 0 saturated heterocycles. The second-order valence-electron chi connectivity index (χ2n) is 4.91. The van der Waals surface area contributed by atoms with E-state index in [1.54, 1.807) is 26.5 Å². The average Bonchev–Trinajstić information content (AvgIpc) is 2.62. The van der Waals surface area contributed by atoms with Crippen LogP contribution in [0.5, 0.6) is 11.5 Å². The minimum absolute atomic E-state index is 0.437. The molecular formula is C17H21N3O4. The zero-order chi connectivity index (χ0) is 17.4. The summed E-state index contributed by atoms with van der Waals surface area (Å²) in [6, 6.07) is 9.40. The number of aromatic nitrogens is 1. The molecule has 1 amide bonds. The number of nitrogens with one attached hydrogen (secondary N) is 2. The fraction of sp³-hybridized carbons (Fsp3) is 0.294. The first kappa shape index (κ1) is 17.4. The summed E-state index contributed by atoms with van der Waals surface area (Å²) >= 11 is 0. The van der Waals surface area contributed by atoms with Crippen LogP contribution in [0.4, 0.5) is 16.3 Å². The Hall–Kier alpha value is -2.96. The van der Waals surface area contributed by atoms with Crippen LogP contribution in [-0.2, 0) is 11.2 Å². The molecule has 0 aliphatic heterocycles. The van der Waals surface area contributed by atoms with Gasteiger partial charge in [-0.15, -0.1) is 0 Å². The number of ether oxygens (including phenoxy) is 3. The van der Waals surface area contributed by atoms with Gasteiger partial charge in [0.05, 0.1) is 33.2 Å². The van der Waals surface area contributed by atoms with Gasteiger partial charge in [-0.25, -0.2) is 9.78 Å². The van der Waals surface area contributed by atoms with Crippen molar-refractivity contribution in [3.8, 4) is 11.5 Å². The third-order valence-corrected chi connectivity index (χ3v) is 3.37. The molecule has 0 saturated carbocycles. The van der Waals surface area contributed by atoms with Gasteiger partial charge in [0.15, 0.2) is 11.5 Å². The maximum Gasteiger partial charge on any atom is 0.412 e. The third kappa shape index (κ3) is 4.77. The number of rotatable bonds is 7. The van der Waals surface area contributed by atoms with E-state index in [-0.39, 0.29) is 0 Å². The standard InChI is InChI=1S/C17H21N3O4/c1-22-14-6-4-12(10-15(14)23-2)8-9-18-13-5-7-16(19-11-13)20-17(21)24-3/h4-7,10-11,18H,8-9H2,1-3H3,(H,19,20,21). The molecule has 0 unspecified atom stereocenters. The maximum atomic E-state index is 11.1. The minimum Gasteiger partial charge on any atom is -0.493 e. The first-order valence-electron chi connectivity index (χ1n) is 7.42. The van der Waals surface area contributed by atoms with Crippen molar-refractivity contribution in [3.63, 3.8) is 0 Å². The SMILES string of the molecule is COC(=O)Nc1ccc(NCCc2ccc(OC)c(OC)c2)cn1. The Kier molecular flexibility index (Phi) is 6.24. The van der Waals surface area contributed by atoms with Gasteiger partial charge in [0.2, 0.25) is 0 Å². The Labute approximate surface area is 140 Å².